The second-order valence-electron chi connectivity index (χ2n) is 3.45. The van der Waals surface area contributed by atoms with Crippen molar-refractivity contribution in [2.45, 2.75) is 6.42 Å². The molecule has 15 heavy (non-hydrogen) atoms. The van der Waals surface area contributed by atoms with Gasteiger partial charge in [-0.3, -0.25) is 0 Å². The number of nitrogens with one attached hydrogen (secondary N) is 1. The zero-order valence-corrected chi connectivity index (χ0v) is 10.4. The third-order valence-corrected chi connectivity index (χ3v) is 3.99. The van der Waals surface area contributed by atoms with E-state index in [1.807, 2.05) is 11.8 Å². The van der Waals surface area contributed by atoms with Crippen molar-refractivity contribution >= 4 is 40.8 Å². The average molecular weight is 264 g/mol. The highest BCUT2D eigenvalue weighted by Crippen LogP contribution is 2.25. The number of thioether (sulfide) groups is 1. The molecule has 1 N–H and O–H groups in total. The molecule has 1 aliphatic heterocycles. The summed E-state index contributed by atoms with van der Waals surface area (Å²) in [6.45, 7) is 0.903. The van der Waals surface area contributed by atoms with Crippen LogP contribution in [0.1, 0.15) is 6.42 Å². The minimum absolute atomic E-state index is 0.225. The van der Waals surface area contributed by atoms with Gasteiger partial charge in [0.15, 0.2) is 0 Å². The van der Waals surface area contributed by atoms with Gasteiger partial charge in [-0.1, -0.05) is 11.6 Å². The number of aromatic nitrogens is 2. The van der Waals surface area contributed by atoms with E-state index in [0.717, 1.165) is 6.54 Å². The van der Waals surface area contributed by atoms with Crippen molar-refractivity contribution in [1.29, 1.82) is 0 Å². The van der Waals surface area contributed by atoms with Crippen molar-refractivity contribution in [3.05, 3.63) is 16.5 Å². The van der Waals surface area contributed by atoms with Gasteiger partial charge >= 0.3 is 0 Å². The molecule has 1 saturated heterocycles. The smallest absolute Gasteiger partial charge is 0.224 e. The maximum Gasteiger partial charge on any atom is 0.224 e. The fraction of sp³-hybridized carbons (Fsp3) is 0.556. The van der Waals surface area contributed by atoms with Gasteiger partial charge in [0.2, 0.25) is 5.28 Å². The standard InChI is InChI=1S/C9H11Cl2N3S/c10-7-4-13-9(11)14-8(7)12-3-6-1-2-15-5-6/h4,6H,1-3,5H2,(H,12,13,14). The topological polar surface area (TPSA) is 37.8 Å². The number of rotatable bonds is 3. The predicted molar refractivity (Wildman–Crippen MR) is 66.0 cm³/mol. The van der Waals surface area contributed by atoms with Gasteiger partial charge in [-0.15, -0.1) is 0 Å². The van der Waals surface area contributed by atoms with Crippen molar-refractivity contribution in [3.8, 4) is 0 Å². The predicted octanol–water partition coefficient (Wildman–Crippen LogP) is 2.95. The van der Waals surface area contributed by atoms with E-state index < -0.39 is 0 Å². The van der Waals surface area contributed by atoms with E-state index in [1.54, 1.807) is 0 Å². The molecule has 0 bridgehead atoms. The fourth-order valence-electron chi connectivity index (χ4n) is 1.45. The highest BCUT2D eigenvalue weighted by Gasteiger charge is 2.15. The lowest BCUT2D eigenvalue weighted by molar-refractivity contribution is 0.630. The second kappa shape index (κ2) is 5.23. The van der Waals surface area contributed by atoms with Gasteiger partial charge in [0, 0.05) is 6.54 Å². The Hall–Kier alpha value is -0.190. The van der Waals surface area contributed by atoms with Crippen LogP contribution in [0.2, 0.25) is 10.3 Å². The number of halogens is 2. The summed E-state index contributed by atoms with van der Waals surface area (Å²) in [6.07, 6.45) is 2.77. The van der Waals surface area contributed by atoms with E-state index in [9.17, 15) is 0 Å². The Morgan fingerprint density at radius 2 is 2.40 bits per heavy atom. The first-order chi connectivity index (χ1) is 7.25. The molecule has 0 aromatic carbocycles. The summed E-state index contributed by atoms with van der Waals surface area (Å²) in [6, 6.07) is 0. The van der Waals surface area contributed by atoms with Crippen LogP contribution >= 0.6 is 35.0 Å². The molecule has 3 nitrogen and oxygen atoms in total. The minimum Gasteiger partial charge on any atom is -0.368 e. The molecule has 1 atom stereocenters. The zero-order valence-electron chi connectivity index (χ0n) is 8.04. The Morgan fingerprint density at radius 1 is 1.53 bits per heavy atom. The van der Waals surface area contributed by atoms with E-state index in [-0.39, 0.29) is 5.28 Å². The van der Waals surface area contributed by atoms with Crippen LogP contribution in [-0.2, 0) is 0 Å². The Bertz CT molecular complexity index is 342. The fourth-order valence-corrected chi connectivity index (χ4v) is 3.03. The maximum atomic E-state index is 5.93. The monoisotopic (exact) mass is 263 g/mol. The van der Waals surface area contributed by atoms with E-state index in [2.05, 4.69) is 15.3 Å². The summed E-state index contributed by atoms with van der Waals surface area (Å²) in [5.41, 5.74) is 0. The third-order valence-electron chi connectivity index (χ3n) is 2.30. The second-order valence-corrected chi connectivity index (χ2v) is 5.34. The molecular formula is C9H11Cl2N3S. The number of nitrogens with zero attached hydrogens (tertiary/aromatic N) is 2. The summed E-state index contributed by atoms with van der Waals surface area (Å²) in [4.78, 5) is 7.84. The van der Waals surface area contributed by atoms with Crippen molar-refractivity contribution in [1.82, 2.24) is 9.97 Å². The normalized spacial score (nSPS) is 20.5. The van der Waals surface area contributed by atoms with Gasteiger partial charge in [0.05, 0.1) is 6.20 Å². The Kier molecular flexibility index (Phi) is 3.94. The molecule has 82 valence electrons. The van der Waals surface area contributed by atoms with Crippen molar-refractivity contribution < 1.29 is 0 Å². The summed E-state index contributed by atoms with van der Waals surface area (Å²) in [5, 5.41) is 3.96. The van der Waals surface area contributed by atoms with Gasteiger partial charge in [-0.25, -0.2) is 4.98 Å². The lowest BCUT2D eigenvalue weighted by Gasteiger charge is -2.11. The minimum atomic E-state index is 0.225. The molecule has 2 rings (SSSR count). The Morgan fingerprint density at radius 3 is 3.13 bits per heavy atom. The zero-order chi connectivity index (χ0) is 10.7. The van der Waals surface area contributed by atoms with Crippen LogP contribution in [0.15, 0.2) is 6.20 Å². The molecule has 0 aliphatic carbocycles. The van der Waals surface area contributed by atoms with Crippen LogP contribution in [0, 0.1) is 5.92 Å². The SMILES string of the molecule is Clc1ncc(Cl)c(NCC2CCSC2)n1. The molecule has 0 spiro atoms. The van der Waals surface area contributed by atoms with E-state index in [0.29, 0.717) is 16.8 Å². The lowest BCUT2D eigenvalue weighted by Crippen LogP contribution is -2.14. The highest BCUT2D eigenvalue weighted by atomic mass is 35.5. The first-order valence-corrected chi connectivity index (χ1v) is 6.66. The van der Waals surface area contributed by atoms with Crippen molar-refractivity contribution in [2.75, 3.05) is 23.4 Å². The van der Waals surface area contributed by atoms with Crippen LogP contribution in [0.4, 0.5) is 5.82 Å². The summed E-state index contributed by atoms with van der Waals surface area (Å²) in [5.74, 6) is 3.81. The molecule has 1 aromatic heterocycles. The summed E-state index contributed by atoms with van der Waals surface area (Å²) < 4.78 is 0. The van der Waals surface area contributed by atoms with Crippen LogP contribution in [0.3, 0.4) is 0 Å². The molecule has 0 amide bonds. The molecule has 0 saturated carbocycles. The molecule has 6 heteroatoms. The van der Waals surface area contributed by atoms with Gasteiger partial charge < -0.3 is 5.32 Å². The largest absolute Gasteiger partial charge is 0.368 e. The van der Waals surface area contributed by atoms with E-state index >= 15 is 0 Å². The highest BCUT2D eigenvalue weighted by molar-refractivity contribution is 7.99. The molecule has 1 fully saturated rings. The molecule has 0 radical (unpaired) electrons. The van der Waals surface area contributed by atoms with E-state index in [4.69, 9.17) is 23.2 Å². The Balaban J connectivity index is 1.94. The molecular weight excluding hydrogens is 253 g/mol. The molecule has 1 aromatic rings. The van der Waals surface area contributed by atoms with Crippen LogP contribution < -0.4 is 5.32 Å². The van der Waals surface area contributed by atoms with Crippen molar-refractivity contribution in [2.24, 2.45) is 5.92 Å². The first-order valence-electron chi connectivity index (χ1n) is 4.75. The quantitative estimate of drug-likeness (QED) is 0.852. The molecule has 1 unspecified atom stereocenters. The summed E-state index contributed by atoms with van der Waals surface area (Å²) >= 11 is 13.6. The first kappa shape index (κ1) is 11.3. The van der Waals surface area contributed by atoms with E-state index in [1.165, 1.54) is 24.1 Å². The number of hydrogen-bond acceptors (Lipinski definition) is 4. The van der Waals surface area contributed by atoms with Gasteiger partial charge in [0.1, 0.15) is 10.8 Å². The van der Waals surface area contributed by atoms with Gasteiger partial charge in [0.25, 0.3) is 0 Å². The maximum absolute atomic E-state index is 5.93. The average Bonchev–Trinajstić information content (AvgIpc) is 2.72. The van der Waals surface area contributed by atoms with Gasteiger partial charge in [-0.2, -0.15) is 16.7 Å². The lowest BCUT2D eigenvalue weighted by atomic mass is 10.1. The molecule has 2 heterocycles. The van der Waals surface area contributed by atoms with Crippen LogP contribution in [0.25, 0.3) is 0 Å². The van der Waals surface area contributed by atoms with Crippen LogP contribution in [0.5, 0.6) is 0 Å². The Labute approximate surface area is 103 Å². The molecule has 1 aliphatic rings. The van der Waals surface area contributed by atoms with Crippen molar-refractivity contribution in [3.63, 3.8) is 0 Å². The number of anilines is 1. The number of hydrogen-bond donors (Lipinski definition) is 1. The third kappa shape index (κ3) is 3.13. The summed E-state index contributed by atoms with van der Waals surface area (Å²) in [7, 11) is 0. The van der Waals surface area contributed by atoms with Crippen LogP contribution in [-0.4, -0.2) is 28.0 Å². The van der Waals surface area contributed by atoms with Gasteiger partial charge in [-0.05, 0) is 35.4 Å².